The van der Waals surface area contributed by atoms with Crippen LogP contribution in [0.4, 0.5) is 10.5 Å². The first-order valence-corrected chi connectivity index (χ1v) is 6.18. The summed E-state index contributed by atoms with van der Waals surface area (Å²) in [5.74, 6) is 0. The Hall–Kier alpha value is -2.15. The van der Waals surface area contributed by atoms with Gasteiger partial charge in [-0.15, -0.1) is 0 Å². The zero-order valence-corrected chi connectivity index (χ0v) is 12.0. The summed E-state index contributed by atoms with van der Waals surface area (Å²) < 4.78 is 5.07. The van der Waals surface area contributed by atoms with Crippen LogP contribution in [-0.4, -0.2) is 16.6 Å². The molecule has 20 heavy (non-hydrogen) atoms. The van der Waals surface area contributed by atoms with Gasteiger partial charge in [-0.05, 0) is 33.3 Å². The van der Waals surface area contributed by atoms with Gasteiger partial charge in [0.25, 0.3) is 5.69 Å². The molecule has 0 aliphatic carbocycles. The molecule has 0 heterocycles. The summed E-state index contributed by atoms with van der Waals surface area (Å²) in [6.07, 6.45) is -0.578. The molecule has 0 bridgehead atoms. The summed E-state index contributed by atoms with van der Waals surface area (Å²) in [6.45, 7) is 7.13. The van der Waals surface area contributed by atoms with Crippen LogP contribution in [0.25, 0.3) is 0 Å². The van der Waals surface area contributed by atoms with Gasteiger partial charge >= 0.3 is 6.09 Å². The molecule has 1 atom stereocenters. The van der Waals surface area contributed by atoms with Crippen molar-refractivity contribution in [1.29, 1.82) is 0 Å². The van der Waals surface area contributed by atoms with Gasteiger partial charge in [-0.1, -0.05) is 12.1 Å². The van der Waals surface area contributed by atoms with Crippen molar-refractivity contribution in [2.75, 3.05) is 0 Å². The van der Waals surface area contributed by atoms with Gasteiger partial charge in [0.2, 0.25) is 0 Å². The number of hydrazine groups is 1. The number of nitrogens with one attached hydrogen (secondary N) is 2. The predicted molar refractivity (Wildman–Crippen MR) is 74.0 cm³/mol. The normalized spacial score (nSPS) is 12.6. The summed E-state index contributed by atoms with van der Waals surface area (Å²) in [5, 5.41) is 10.5. The molecule has 0 aliphatic heterocycles. The first-order valence-electron chi connectivity index (χ1n) is 6.18. The highest BCUT2D eigenvalue weighted by atomic mass is 16.6. The molecule has 1 aromatic carbocycles. The summed E-state index contributed by atoms with van der Waals surface area (Å²) in [5.41, 5.74) is 5.48. The Morgan fingerprint density at radius 1 is 1.30 bits per heavy atom. The fourth-order valence-corrected chi connectivity index (χ4v) is 1.44. The lowest BCUT2D eigenvalue weighted by molar-refractivity contribution is -0.384. The number of rotatable bonds is 4. The van der Waals surface area contributed by atoms with Crippen LogP contribution in [0.1, 0.15) is 39.3 Å². The van der Waals surface area contributed by atoms with Crippen LogP contribution in [0.3, 0.4) is 0 Å². The van der Waals surface area contributed by atoms with Crippen LogP contribution in [0.5, 0.6) is 0 Å². The van der Waals surface area contributed by atoms with E-state index in [2.05, 4.69) is 10.9 Å². The standard InChI is InChI=1S/C13H19N3O4/c1-9(14-15-12(17)20-13(2,3)4)10-5-7-11(8-6-10)16(18)19/h5-9,14H,1-4H3,(H,15,17). The maximum atomic E-state index is 11.5. The van der Waals surface area contributed by atoms with E-state index in [4.69, 9.17) is 4.74 Å². The van der Waals surface area contributed by atoms with Crippen molar-refractivity contribution in [3.8, 4) is 0 Å². The Labute approximate surface area is 117 Å². The monoisotopic (exact) mass is 281 g/mol. The number of non-ortho nitro benzene ring substituents is 1. The number of amides is 1. The van der Waals surface area contributed by atoms with Crippen LogP contribution < -0.4 is 10.9 Å². The summed E-state index contributed by atoms with van der Waals surface area (Å²) in [7, 11) is 0. The van der Waals surface area contributed by atoms with Crippen molar-refractivity contribution < 1.29 is 14.5 Å². The molecule has 0 fully saturated rings. The highest BCUT2D eigenvalue weighted by Crippen LogP contribution is 2.17. The van der Waals surface area contributed by atoms with Gasteiger partial charge in [0.1, 0.15) is 5.60 Å². The Morgan fingerprint density at radius 3 is 2.30 bits per heavy atom. The minimum Gasteiger partial charge on any atom is -0.443 e. The summed E-state index contributed by atoms with van der Waals surface area (Å²) >= 11 is 0. The largest absolute Gasteiger partial charge is 0.443 e. The number of nitro groups is 1. The topological polar surface area (TPSA) is 93.5 Å². The van der Waals surface area contributed by atoms with Gasteiger partial charge in [-0.3, -0.25) is 15.5 Å². The zero-order valence-electron chi connectivity index (χ0n) is 12.0. The number of hydrogen-bond acceptors (Lipinski definition) is 5. The third-order valence-corrected chi connectivity index (χ3v) is 2.39. The Kier molecular flexibility index (Phi) is 5.04. The molecule has 7 heteroatoms. The van der Waals surface area contributed by atoms with Crippen molar-refractivity contribution in [1.82, 2.24) is 10.9 Å². The fraction of sp³-hybridized carbons (Fsp3) is 0.462. The number of ether oxygens (including phenoxy) is 1. The van der Waals surface area contributed by atoms with E-state index in [1.165, 1.54) is 12.1 Å². The van der Waals surface area contributed by atoms with Gasteiger partial charge in [0.15, 0.2) is 0 Å². The molecule has 0 saturated carbocycles. The van der Waals surface area contributed by atoms with E-state index in [9.17, 15) is 14.9 Å². The maximum absolute atomic E-state index is 11.5. The molecule has 2 N–H and O–H groups in total. The molecule has 0 saturated heterocycles. The Balaban J connectivity index is 2.52. The summed E-state index contributed by atoms with van der Waals surface area (Å²) in [4.78, 5) is 21.5. The highest BCUT2D eigenvalue weighted by Gasteiger charge is 2.16. The zero-order chi connectivity index (χ0) is 15.3. The molecule has 0 spiro atoms. The molecule has 1 unspecified atom stereocenters. The SMILES string of the molecule is CC(NNC(=O)OC(C)(C)C)c1ccc([N+](=O)[O-])cc1. The predicted octanol–water partition coefficient (Wildman–Crippen LogP) is 2.69. The van der Waals surface area contributed by atoms with Crippen molar-refractivity contribution in [3.05, 3.63) is 39.9 Å². The first kappa shape index (κ1) is 15.9. The molecule has 1 aromatic rings. The van der Waals surface area contributed by atoms with Crippen molar-refractivity contribution >= 4 is 11.8 Å². The van der Waals surface area contributed by atoms with Gasteiger partial charge in [0, 0.05) is 18.2 Å². The van der Waals surface area contributed by atoms with E-state index in [1.807, 2.05) is 6.92 Å². The Morgan fingerprint density at radius 2 is 1.85 bits per heavy atom. The number of carbonyl (C=O) groups excluding carboxylic acids is 1. The van der Waals surface area contributed by atoms with Crippen molar-refractivity contribution in [3.63, 3.8) is 0 Å². The van der Waals surface area contributed by atoms with Crippen molar-refractivity contribution in [2.45, 2.75) is 39.3 Å². The average Bonchev–Trinajstić information content (AvgIpc) is 2.34. The van der Waals surface area contributed by atoms with Gasteiger partial charge in [0.05, 0.1) is 4.92 Å². The lowest BCUT2D eigenvalue weighted by atomic mass is 10.1. The molecule has 1 rings (SSSR count). The van der Waals surface area contributed by atoms with E-state index in [-0.39, 0.29) is 11.7 Å². The number of hydrogen-bond donors (Lipinski definition) is 2. The molecule has 110 valence electrons. The van der Waals surface area contributed by atoms with Gasteiger partial charge in [-0.25, -0.2) is 10.2 Å². The van der Waals surface area contributed by atoms with E-state index < -0.39 is 16.6 Å². The molecule has 1 amide bonds. The minimum absolute atomic E-state index is 0.0288. The third kappa shape index (κ3) is 5.23. The van der Waals surface area contributed by atoms with Crippen LogP contribution in [0, 0.1) is 10.1 Å². The molecule has 7 nitrogen and oxygen atoms in total. The fourth-order valence-electron chi connectivity index (χ4n) is 1.44. The van der Waals surface area contributed by atoms with E-state index in [0.29, 0.717) is 0 Å². The summed E-state index contributed by atoms with van der Waals surface area (Å²) in [6, 6.07) is 5.89. The second kappa shape index (κ2) is 6.33. The van der Waals surface area contributed by atoms with Gasteiger partial charge < -0.3 is 4.74 Å². The van der Waals surface area contributed by atoms with Gasteiger partial charge in [-0.2, -0.15) is 0 Å². The number of nitrogens with zero attached hydrogens (tertiary/aromatic N) is 1. The molecule has 0 aromatic heterocycles. The molecule has 0 aliphatic rings. The maximum Gasteiger partial charge on any atom is 0.422 e. The third-order valence-electron chi connectivity index (χ3n) is 2.39. The number of carbonyl (C=O) groups is 1. The minimum atomic E-state index is -0.578. The lowest BCUT2D eigenvalue weighted by Gasteiger charge is -2.21. The smallest absolute Gasteiger partial charge is 0.422 e. The molecular formula is C13H19N3O4. The van der Waals surface area contributed by atoms with Crippen molar-refractivity contribution in [2.24, 2.45) is 0 Å². The average molecular weight is 281 g/mol. The van der Waals surface area contributed by atoms with E-state index in [0.717, 1.165) is 5.56 Å². The van der Waals surface area contributed by atoms with Crippen LogP contribution in [0.2, 0.25) is 0 Å². The quantitative estimate of drug-likeness (QED) is 0.653. The number of nitro benzene ring substituents is 1. The number of benzene rings is 1. The second-order valence-corrected chi connectivity index (χ2v) is 5.34. The first-order chi connectivity index (χ1) is 9.19. The highest BCUT2D eigenvalue weighted by molar-refractivity contribution is 5.67. The van der Waals surface area contributed by atoms with Crippen LogP contribution in [0.15, 0.2) is 24.3 Å². The molecular weight excluding hydrogens is 262 g/mol. The van der Waals surface area contributed by atoms with E-state index >= 15 is 0 Å². The lowest BCUT2D eigenvalue weighted by Crippen LogP contribution is -2.42. The van der Waals surface area contributed by atoms with Crippen LogP contribution >= 0.6 is 0 Å². The van der Waals surface area contributed by atoms with E-state index in [1.54, 1.807) is 32.9 Å². The van der Waals surface area contributed by atoms with Crippen LogP contribution in [-0.2, 0) is 4.74 Å². The Bertz CT molecular complexity index is 479. The molecule has 0 radical (unpaired) electrons. The second-order valence-electron chi connectivity index (χ2n) is 5.34.